The quantitative estimate of drug-likeness (QED) is 0.735. The first kappa shape index (κ1) is 16.0. The zero-order valence-electron chi connectivity index (χ0n) is 15.0. The van der Waals surface area contributed by atoms with Gasteiger partial charge in [-0.2, -0.15) is 0 Å². The van der Waals surface area contributed by atoms with Crippen molar-refractivity contribution in [3.05, 3.63) is 23.8 Å². The van der Waals surface area contributed by atoms with E-state index in [1.54, 1.807) is 12.2 Å². The Bertz CT molecular complexity index is 736. The van der Waals surface area contributed by atoms with Gasteiger partial charge in [-0.25, -0.2) is 0 Å². The van der Waals surface area contributed by atoms with Crippen LogP contribution in [0.25, 0.3) is 0 Å². The second-order valence-electron chi connectivity index (χ2n) is 9.29. The molecule has 0 radical (unpaired) electrons. The molecule has 134 valence electrons. The van der Waals surface area contributed by atoms with E-state index in [0.29, 0.717) is 18.3 Å². The molecule has 5 rings (SSSR count). The number of allylic oxidation sites excluding steroid dienone is 4. The lowest BCUT2D eigenvalue weighted by Crippen LogP contribution is -2.67. The van der Waals surface area contributed by atoms with Crippen molar-refractivity contribution in [3.8, 4) is 0 Å². The van der Waals surface area contributed by atoms with Crippen LogP contribution in [-0.2, 0) is 14.3 Å². The number of ether oxygens (including phenoxy) is 1. The molecule has 1 saturated heterocycles. The second kappa shape index (κ2) is 4.72. The van der Waals surface area contributed by atoms with E-state index in [9.17, 15) is 14.7 Å². The minimum absolute atomic E-state index is 0.0642. The summed E-state index contributed by atoms with van der Waals surface area (Å²) in [6, 6.07) is 0. The molecule has 0 aromatic carbocycles. The van der Waals surface area contributed by atoms with Crippen molar-refractivity contribution in [2.24, 2.45) is 28.6 Å². The SMILES string of the molecule is C[C@]12C=CC(=O)C=C1CC[C@H]1[C@H]2[C@@H](O)C[C@@]2(C)[C@@H]1CC[C@@]21OCC1=O. The molecular weight excluding hydrogens is 316 g/mol. The Kier molecular flexibility index (Phi) is 3.01. The van der Waals surface area contributed by atoms with Gasteiger partial charge in [0, 0.05) is 16.7 Å². The first-order chi connectivity index (χ1) is 11.8. The Hall–Kier alpha value is -1.26. The van der Waals surface area contributed by atoms with Crippen molar-refractivity contribution in [2.45, 2.75) is 57.7 Å². The Balaban J connectivity index is 1.56. The fourth-order valence-corrected chi connectivity index (χ4v) is 7.31. The number of fused-ring (bicyclic) bond motifs is 6. The lowest BCUT2D eigenvalue weighted by molar-refractivity contribution is -0.224. The van der Waals surface area contributed by atoms with Crippen molar-refractivity contribution >= 4 is 11.6 Å². The van der Waals surface area contributed by atoms with E-state index in [1.807, 2.05) is 6.08 Å². The molecule has 1 heterocycles. The summed E-state index contributed by atoms with van der Waals surface area (Å²) in [6.07, 6.45) is 9.35. The highest BCUT2D eigenvalue weighted by molar-refractivity contribution is 6.01. The van der Waals surface area contributed by atoms with E-state index in [0.717, 1.165) is 25.7 Å². The van der Waals surface area contributed by atoms with Crippen LogP contribution in [0.15, 0.2) is 23.8 Å². The molecule has 1 N–H and O–H groups in total. The molecule has 0 bridgehead atoms. The molecular formula is C21H26O4. The summed E-state index contributed by atoms with van der Waals surface area (Å²) in [6.45, 7) is 4.59. The van der Waals surface area contributed by atoms with E-state index in [2.05, 4.69) is 13.8 Å². The van der Waals surface area contributed by atoms with Gasteiger partial charge in [-0.15, -0.1) is 0 Å². The van der Waals surface area contributed by atoms with E-state index >= 15 is 0 Å². The Morgan fingerprint density at radius 2 is 2.04 bits per heavy atom. The minimum Gasteiger partial charge on any atom is -0.393 e. The molecule has 3 saturated carbocycles. The highest BCUT2D eigenvalue weighted by atomic mass is 16.5. The standard InChI is InChI=1S/C21H26O4/c1-19-7-5-13(22)9-12(19)3-4-14-15-6-8-21(17(24)11-25-21)20(15,2)10-16(23)18(14)19/h5,7,9,14-16,18,23H,3-4,6,8,10-11H2,1-2H3/t14-,15-,16+,18+,19+,20+,21+/m1/s1. The smallest absolute Gasteiger partial charge is 0.190 e. The van der Waals surface area contributed by atoms with Crippen LogP contribution in [0.1, 0.15) is 46.0 Å². The minimum atomic E-state index is -0.640. The average molecular weight is 342 g/mol. The van der Waals surface area contributed by atoms with Crippen molar-refractivity contribution in [2.75, 3.05) is 6.61 Å². The maximum atomic E-state index is 12.4. The van der Waals surface area contributed by atoms with Crippen LogP contribution < -0.4 is 0 Å². The van der Waals surface area contributed by atoms with E-state index in [4.69, 9.17) is 4.74 Å². The molecule has 0 unspecified atom stereocenters. The third-order valence-electron chi connectivity index (χ3n) is 8.52. The van der Waals surface area contributed by atoms with E-state index < -0.39 is 11.7 Å². The lowest BCUT2D eigenvalue weighted by Gasteiger charge is -2.61. The number of carbonyl (C=O) groups excluding carboxylic acids is 2. The summed E-state index contributed by atoms with van der Waals surface area (Å²) in [5.74, 6) is 1.21. The lowest BCUT2D eigenvalue weighted by atomic mass is 9.46. The van der Waals surface area contributed by atoms with Crippen LogP contribution in [0.5, 0.6) is 0 Å². The van der Waals surface area contributed by atoms with Crippen LogP contribution in [0, 0.1) is 28.6 Å². The molecule has 0 aromatic rings. The van der Waals surface area contributed by atoms with Crippen LogP contribution in [0.4, 0.5) is 0 Å². The Morgan fingerprint density at radius 1 is 1.24 bits per heavy atom. The first-order valence-corrected chi connectivity index (χ1v) is 9.61. The number of aliphatic hydroxyl groups excluding tert-OH is 1. The summed E-state index contributed by atoms with van der Waals surface area (Å²) in [7, 11) is 0. The summed E-state index contributed by atoms with van der Waals surface area (Å²) in [4.78, 5) is 24.3. The van der Waals surface area contributed by atoms with Gasteiger partial charge in [-0.1, -0.05) is 25.5 Å². The van der Waals surface area contributed by atoms with E-state index in [-0.39, 0.29) is 34.9 Å². The zero-order valence-corrected chi connectivity index (χ0v) is 15.0. The maximum absolute atomic E-state index is 12.4. The Labute approximate surface area is 148 Å². The molecule has 5 aliphatic rings. The maximum Gasteiger partial charge on any atom is 0.190 e. The van der Waals surface area contributed by atoms with Crippen molar-refractivity contribution in [1.29, 1.82) is 0 Å². The molecule has 0 aromatic heterocycles. The largest absolute Gasteiger partial charge is 0.393 e. The van der Waals surface area contributed by atoms with Gasteiger partial charge < -0.3 is 9.84 Å². The van der Waals surface area contributed by atoms with Crippen LogP contribution in [0.3, 0.4) is 0 Å². The summed E-state index contributed by atoms with van der Waals surface area (Å²) < 4.78 is 5.91. The fraction of sp³-hybridized carbons (Fsp3) is 0.714. The van der Waals surface area contributed by atoms with Gasteiger partial charge in [0.1, 0.15) is 12.2 Å². The highest BCUT2D eigenvalue weighted by Gasteiger charge is 2.71. The number of rotatable bonds is 0. The number of ketones is 2. The molecule has 7 atom stereocenters. The van der Waals surface area contributed by atoms with Gasteiger partial charge in [0.05, 0.1) is 6.10 Å². The van der Waals surface area contributed by atoms with Gasteiger partial charge in [0.2, 0.25) is 0 Å². The van der Waals surface area contributed by atoms with Crippen molar-refractivity contribution < 1.29 is 19.4 Å². The number of Topliss-reactive ketones (excluding diaryl/α,β-unsaturated/α-hetero) is 1. The van der Waals surface area contributed by atoms with Gasteiger partial charge in [0.25, 0.3) is 0 Å². The molecule has 4 heteroatoms. The molecule has 1 spiro atoms. The summed E-state index contributed by atoms with van der Waals surface area (Å²) >= 11 is 0. The number of hydrogen-bond donors (Lipinski definition) is 1. The van der Waals surface area contributed by atoms with Gasteiger partial charge in [-0.05, 0) is 56.1 Å². The van der Waals surface area contributed by atoms with Gasteiger partial charge >= 0.3 is 0 Å². The van der Waals surface area contributed by atoms with E-state index in [1.165, 1.54) is 5.57 Å². The normalized spacial score (nSPS) is 53.8. The predicted octanol–water partition coefficient (Wildman–Crippen LogP) is 2.60. The third kappa shape index (κ3) is 1.71. The molecule has 4 aliphatic carbocycles. The Morgan fingerprint density at radius 3 is 2.72 bits per heavy atom. The summed E-state index contributed by atoms with van der Waals surface area (Å²) in [5, 5.41) is 11.2. The van der Waals surface area contributed by atoms with Gasteiger partial charge in [-0.3, -0.25) is 9.59 Å². The zero-order chi connectivity index (χ0) is 17.6. The van der Waals surface area contributed by atoms with Crippen LogP contribution in [0.2, 0.25) is 0 Å². The fourth-order valence-electron chi connectivity index (χ4n) is 7.31. The molecule has 4 nitrogen and oxygen atoms in total. The molecule has 4 fully saturated rings. The summed E-state index contributed by atoms with van der Waals surface area (Å²) in [5.41, 5.74) is 0.0403. The molecule has 25 heavy (non-hydrogen) atoms. The molecule has 0 amide bonds. The van der Waals surface area contributed by atoms with Crippen molar-refractivity contribution in [1.82, 2.24) is 0 Å². The van der Waals surface area contributed by atoms with Crippen molar-refractivity contribution in [3.63, 3.8) is 0 Å². The average Bonchev–Trinajstić information content (AvgIpc) is 2.88. The number of aliphatic hydroxyl groups is 1. The van der Waals surface area contributed by atoms with Crippen LogP contribution in [-0.4, -0.2) is 35.0 Å². The highest BCUT2D eigenvalue weighted by Crippen LogP contribution is 2.68. The molecule has 1 aliphatic heterocycles. The number of carbonyl (C=O) groups is 2. The van der Waals surface area contributed by atoms with Gasteiger partial charge in [0.15, 0.2) is 11.6 Å². The second-order valence-corrected chi connectivity index (χ2v) is 9.29. The first-order valence-electron chi connectivity index (χ1n) is 9.61. The number of hydrogen-bond acceptors (Lipinski definition) is 4. The predicted molar refractivity (Wildman–Crippen MR) is 91.7 cm³/mol. The monoisotopic (exact) mass is 342 g/mol. The van der Waals surface area contributed by atoms with Crippen LogP contribution >= 0.6 is 0 Å². The topological polar surface area (TPSA) is 63.6 Å². The third-order valence-corrected chi connectivity index (χ3v) is 8.52.